The summed E-state index contributed by atoms with van der Waals surface area (Å²) in [5.74, 6) is 0. The summed E-state index contributed by atoms with van der Waals surface area (Å²) in [5, 5.41) is 1.85. The molecule has 0 saturated carbocycles. The Bertz CT molecular complexity index is 679. The number of benzene rings is 2. The lowest BCUT2D eigenvalue weighted by molar-refractivity contribution is 1.04. The predicted octanol–water partition coefficient (Wildman–Crippen LogP) is 6.92. The van der Waals surface area contributed by atoms with Gasteiger partial charge in [0.2, 0.25) is 0 Å². The third kappa shape index (κ3) is 3.58. The number of hydrogen-bond donors (Lipinski definition) is 0. The SMILES string of the molecule is Cc1cc(C)c(Cc2c(C)cc(C)c(CBr)c2C)c(C)c1CBr. The molecule has 23 heavy (non-hydrogen) atoms. The highest BCUT2D eigenvalue weighted by atomic mass is 79.9. The summed E-state index contributed by atoms with van der Waals surface area (Å²) in [4.78, 5) is 0. The Hall–Kier alpha value is -0.600. The van der Waals surface area contributed by atoms with E-state index in [0.29, 0.717) is 0 Å². The van der Waals surface area contributed by atoms with Crippen molar-refractivity contribution in [2.24, 2.45) is 0 Å². The molecule has 0 nitrogen and oxygen atoms in total. The van der Waals surface area contributed by atoms with Gasteiger partial charge in [-0.15, -0.1) is 0 Å². The molecule has 2 rings (SSSR count). The minimum Gasteiger partial charge on any atom is -0.0876 e. The summed E-state index contributed by atoms with van der Waals surface area (Å²) in [6.45, 7) is 13.5. The first-order chi connectivity index (χ1) is 10.8. The number of aryl methyl sites for hydroxylation is 4. The number of rotatable bonds is 4. The van der Waals surface area contributed by atoms with Crippen molar-refractivity contribution in [1.82, 2.24) is 0 Å². The monoisotopic (exact) mass is 436 g/mol. The van der Waals surface area contributed by atoms with E-state index in [1.165, 1.54) is 55.6 Å². The van der Waals surface area contributed by atoms with Gasteiger partial charge in [0, 0.05) is 10.7 Å². The molecule has 0 aliphatic heterocycles. The van der Waals surface area contributed by atoms with Crippen molar-refractivity contribution in [2.75, 3.05) is 0 Å². The van der Waals surface area contributed by atoms with Crippen molar-refractivity contribution in [3.8, 4) is 0 Å². The summed E-state index contributed by atoms with van der Waals surface area (Å²) in [6.07, 6.45) is 1.02. The Kier molecular flexibility index (Phi) is 6.13. The lowest BCUT2D eigenvalue weighted by Gasteiger charge is -2.20. The second-order valence-electron chi connectivity index (χ2n) is 6.63. The molecule has 0 aliphatic carbocycles. The minimum atomic E-state index is 0.927. The van der Waals surface area contributed by atoms with Crippen molar-refractivity contribution >= 4 is 31.9 Å². The maximum Gasteiger partial charge on any atom is 0.0288 e. The molecule has 0 aliphatic rings. The maximum absolute atomic E-state index is 3.66. The lowest BCUT2D eigenvalue weighted by Crippen LogP contribution is -2.06. The second kappa shape index (κ2) is 7.53. The molecular weight excluding hydrogens is 412 g/mol. The van der Waals surface area contributed by atoms with Gasteiger partial charge in [0.15, 0.2) is 0 Å². The molecule has 0 amide bonds. The van der Waals surface area contributed by atoms with Gasteiger partial charge in [0.05, 0.1) is 0 Å². The van der Waals surface area contributed by atoms with E-state index in [1.807, 2.05) is 0 Å². The first-order valence-corrected chi connectivity index (χ1v) is 10.3. The van der Waals surface area contributed by atoms with Crippen LogP contribution in [0.15, 0.2) is 12.1 Å². The first-order valence-electron chi connectivity index (χ1n) is 8.10. The zero-order valence-electron chi connectivity index (χ0n) is 15.0. The van der Waals surface area contributed by atoms with E-state index in [1.54, 1.807) is 0 Å². The zero-order chi connectivity index (χ0) is 17.3. The topological polar surface area (TPSA) is 0 Å². The van der Waals surface area contributed by atoms with Crippen LogP contribution in [0.2, 0.25) is 0 Å². The third-order valence-corrected chi connectivity index (χ3v) is 6.32. The highest BCUT2D eigenvalue weighted by Crippen LogP contribution is 2.30. The van der Waals surface area contributed by atoms with Crippen LogP contribution in [0.1, 0.15) is 55.6 Å². The smallest absolute Gasteiger partial charge is 0.0288 e. The average molecular weight is 438 g/mol. The van der Waals surface area contributed by atoms with Crippen LogP contribution in [0.4, 0.5) is 0 Å². The quantitative estimate of drug-likeness (QED) is 0.455. The Morgan fingerprint density at radius 1 is 0.565 bits per heavy atom. The van der Waals surface area contributed by atoms with Crippen molar-refractivity contribution in [1.29, 1.82) is 0 Å². The minimum absolute atomic E-state index is 0.927. The van der Waals surface area contributed by atoms with Crippen molar-refractivity contribution < 1.29 is 0 Å². The molecular formula is C21H26Br2. The van der Waals surface area contributed by atoms with Crippen LogP contribution in [-0.2, 0) is 17.1 Å². The van der Waals surface area contributed by atoms with Gasteiger partial charge in [-0.2, -0.15) is 0 Å². The van der Waals surface area contributed by atoms with Gasteiger partial charge in [-0.1, -0.05) is 44.0 Å². The molecule has 0 heterocycles. The predicted molar refractivity (Wildman–Crippen MR) is 109 cm³/mol. The molecule has 124 valence electrons. The normalized spacial score (nSPS) is 11.1. The largest absolute Gasteiger partial charge is 0.0876 e. The molecule has 0 unspecified atom stereocenters. The van der Waals surface area contributed by atoms with Gasteiger partial charge in [-0.3, -0.25) is 0 Å². The average Bonchev–Trinajstić information content (AvgIpc) is 2.46. The zero-order valence-corrected chi connectivity index (χ0v) is 18.2. The van der Waals surface area contributed by atoms with E-state index in [9.17, 15) is 0 Å². The van der Waals surface area contributed by atoms with Crippen LogP contribution < -0.4 is 0 Å². The number of alkyl halides is 2. The fraction of sp³-hybridized carbons (Fsp3) is 0.429. The fourth-order valence-corrected chi connectivity index (χ4v) is 5.40. The molecule has 2 aromatic rings. The fourth-order valence-electron chi connectivity index (χ4n) is 3.68. The molecule has 0 spiro atoms. The summed E-state index contributed by atoms with van der Waals surface area (Å²) >= 11 is 7.32. The summed E-state index contributed by atoms with van der Waals surface area (Å²) in [5.41, 5.74) is 14.3. The molecule has 0 radical (unpaired) electrons. The van der Waals surface area contributed by atoms with Gasteiger partial charge in [-0.05, 0) is 104 Å². The summed E-state index contributed by atoms with van der Waals surface area (Å²) in [7, 11) is 0. The molecule has 0 bridgehead atoms. The van der Waals surface area contributed by atoms with E-state index in [-0.39, 0.29) is 0 Å². The lowest BCUT2D eigenvalue weighted by atomic mass is 9.86. The Morgan fingerprint density at radius 2 is 0.870 bits per heavy atom. The van der Waals surface area contributed by atoms with Crippen LogP contribution >= 0.6 is 31.9 Å². The highest BCUT2D eigenvalue weighted by molar-refractivity contribution is 9.08. The third-order valence-electron chi connectivity index (χ3n) is 5.20. The van der Waals surface area contributed by atoms with Gasteiger partial charge in [0.1, 0.15) is 0 Å². The molecule has 0 saturated heterocycles. The first kappa shape index (κ1) is 18.7. The summed E-state index contributed by atoms with van der Waals surface area (Å²) < 4.78 is 0. The van der Waals surface area contributed by atoms with E-state index in [4.69, 9.17) is 0 Å². The van der Waals surface area contributed by atoms with Gasteiger partial charge in [-0.25, -0.2) is 0 Å². The van der Waals surface area contributed by atoms with Gasteiger partial charge >= 0.3 is 0 Å². The van der Waals surface area contributed by atoms with E-state index >= 15 is 0 Å². The Balaban J connectivity index is 2.61. The van der Waals surface area contributed by atoms with Crippen LogP contribution in [0.25, 0.3) is 0 Å². The van der Waals surface area contributed by atoms with Crippen LogP contribution in [-0.4, -0.2) is 0 Å². The van der Waals surface area contributed by atoms with Gasteiger partial charge < -0.3 is 0 Å². The number of halogens is 2. The highest BCUT2D eigenvalue weighted by Gasteiger charge is 2.15. The molecule has 0 atom stereocenters. The molecule has 0 N–H and O–H groups in total. The van der Waals surface area contributed by atoms with Crippen molar-refractivity contribution in [3.05, 3.63) is 67.8 Å². The van der Waals surface area contributed by atoms with Crippen LogP contribution in [0.5, 0.6) is 0 Å². The van der Waals surface area contributed by atoms with E-state index in [0.717, 1.165) is 17.1 Å². The molecule has 0 aromatic heterocycles. The standard InChI is InChI=1S/C21H26Br2/c1-12-7-14(3)20(10-22)16(5)18(12)9-19-13(2)8-15(4)21(11-23)17(19)6/h7-8H,9-11H2,1-6H3. The number of hydrogen-bond acceptors (Lipinski definition) is 0. The van der Waals surface area contributed by atoms with E-state index in [2.05, 4.69) is 85.5 Å². The molecule has 2 heteroatoms. The second-order valence-corrected chi connectivity index (χ2v) is 7.75. The maximum atomic E-state index is 3.66. The molecule has 0 fully saturated rings. The molecule has 2 aromatic carbocycles. The van der Waals surface area contributed by atoms with Gasteiger partial charge in [0.25, 0.3) is 0 Å². The van der Waals surface area contributed by atoms with Crippen molar-refractivity contribution in [3.63, 3.8) is 0 Å². The van der Waals surface area contributed by atoms with E-state index < -0.39 is 0 Å². The van der Waals surface area contributed by atoms with Crippen LogP contribution in [0.3, 0.4) is 0 Å². The van der Waals surface area contributed by atoms with Crippen LogP contribution in [0, 0.1) is 41.5 Å². The van der Waals surface area contributed by atoms with Crippen molar-refractivity contribution in [2.45, 2.75) is 58.6 Å². The summed E-state index contributed by atoms with van der Waals surface area (Å²) in [6, 6.07) is 4.67. The Morgan fingerprint density at radius 3 is 1.17 bits per heavy atom. The Labute approximate surface area is 158 Å².